The van der Waals surface area contributed by atoms with Crippen LogP contribution in [0.3, 0.4) is 0 Å². The van der Waals surface area contributed by atoms with Gasteiger partial charge in [-0.1, -0.05) is 0 Å². The molecular weight excluding hydrogens is 311 g/mol. The Morgan fingerprint density at radius 2 is 1.92 bits per heavy atom. The van der Waals surface area contributed by atoms with E-state index in [1.54, 1.807) is 11.1 Å². The van der Waals surface area contributed by atoms with Crippen LogP contribution in [0, 0.1) is 5.82 Å². The summed E-state index contributed by atoms with van der Waals surface area (Å²) in [6, 6.07) is 5.67. The molecule has 0 aliphatic carbocycles. The molecule has 6 nitrogen and oxygen atoms in total. The number of benzene rings is 1. The number of rotatable bonds is 5. The molecule has 7 heteroatoms. The van der Waals surface area contributed by atoms with Gasteiger partial charge in [-0.2, -0.15) is 0 Å². The van der Waals surface area contributed by atoms with E-state index in [0.29, 0.717) is 18.8 Å². The number of carbonyl (C=O) groups excluding carboxylic acids is 1. The predicted molar refractivity (Wildman–Crippen MR) is 88.6 cm³/mol. The highest BCUT2D eigenvalue weighted by atomic mass is 19.1. The lowest BCUT2D eigenvalue weighted by molar-refractivity contribution is -0.133. The molecule has 2 aromatic rings. The molecule has 128 valence electrons. The zero-order valence-corrected chi connectivity index (χ0v) is 13.7. The SMILES string of the molecule is CCn1ccnc1N1CCN(C(=O)COc2ccc(F)cc2)CC1. The van der Waals surface area contributed by atoms with E-state index in [1.165, 1.54) is 24.3 Å². The first-order chi connectivity index (χ1) is 11.7. The molecule has 0 atom stereocenters. The third-order valence-electron chi connectivity index (χ3n) is 4.13. The van der Waals surface area contributed by atoms with Gasteiger partial charge in [-0.15, -0.1) is 0 Å². The number of halogens is 1. The molecule has 1 fully saturated rings. The normalized spacial score (nSPS) is 14.8. The van der Waals surface area contributed by atoms with Crippen molar-refractivity contribution in [1.29, 1.82) is 0 Å². The molecule has 1 aromatic carbocycles. The van der Waals surface area contributed by atoms with Crippen LogP contribution >= 0.6 is 0 Å². The Bertz CT molecular complexity index is 678. The Morgan fingerprint density at radius 1 is 1.21 bits per heavy atom. The molecule has 1 aliphatic rings. The third-order valence-corrected chi connectivity index (χ3v) is 4.13. The maximum Gasteiger partial charge on any atom is 0.260 e. The maximum atomic E-state index is 12.8. The Labute approximate surface area is 140 Å². The van der Waals surface area contributed by atoms with E-state index in [0.717, 1.165) is 25.6 Å². The summed E-state index contributed by atoms with van der Waals surface area (Å²) in [6.07, 6.45) is 3.76. The number of aryl methyl sites for hydroxylation is 1. The standard InChI is InChI=1S/C17H21FN4O2/c1-2-20-8-7-19-17(20)22-11-9-21(10-12-22)16(23)13-24-15-5-3-14(18)4-6-15/h3-8H,2,9-13H2,1H3. The molecule has 1 aliphatic heterocycles. The lowest BCUT2D eigenvalue weighted by atomic mass is 10.3. The number of hydrogen-bond donors (Lipinski definition) is 0. The van der Waals surface area contributed by atoms with Crippen molar-refractivity contribution < 1.29 is 13.9 Å². The number of aromatic nitrogens is 2. The van der Waals surface area contributed by atoms with E-state index in [2.05, 4.69) is 21.4 Å². The fourth-order valence-electron chi connectivity index (χ4n) is 2.75. The van der Waals surface area contributed by atoms with Crippen LogP contribution in [-0.2, 0) is 11.3 Å². The second-order valence-corrected chi connectivity index (χ2v) is 5.62. The minimum atomic E-state index is -0.324. The highest BCUT2D eigenvalue weighted by molar-refractivity contribution is 5.78. The number of amides is 1. The maximum absolute atomic E-state index is 12.8. The Morgan fingerprint density at radius 3 is 2.58 bits per heavy atom. The first-order valence-electron chi connectivity index (χ1n) is 8.09. The summed E-state index contributed by atoms with van der Waals surface area (Å²) in [5.41, 5.74) is 0. The number of carbonyl (C=O) groups is 1. The van der Waals surface area contributed by atoms with Gasteiger partial charge in [0.2, 0.25) is 5.95 Å². The lowest BCUT2D eigenvalue weighted by Gasteiger charge is -2.35. The molecule has 0 saturated carbocycles. The van der Waals surface area contributed by atoms with Gasteiger partial charge in [0.05, 0.1) is 0 Å². The number of ether oxygens (including phenoxy) is 1. The van der Waals surface area contributed by atoms with Crippen LogP contribution in [0.1, 0.15) is 6.92 Å². The van der Waals surface area contributed by atoms with E-state index < -0.39 is 0 Å². The fourth-order valence-corrected chi connectivity index (χ4v) is 2.75. The van der Waals surface area contributed by atoms with Crippen molar-refractivity contribution in [2.75, 3.05) is 37.7 Å². The van der Waals surface area contributed by atoms with Crippen molar-refractivity contribution >= 4 is 11.9 Å². The molecule has 1 aromatic heterocycles. The number of imidazole rings is 1. The van der Waals surface area contributed by atoms with E-state index in [9.17, 15) is 9.18 Å². The van der Waals surface area contributed by atoms with Crippen molar-refractivity contribution in [2.45, 2.75) is 13.5 Å². The first-order valence-corrected chi connectivity index (χ1v) is 8.09. The zero-order chi connectivity index (χ0) is 16.9. The molecule has 2 heterocycles. The second-order valence-electron chi connectivity index (χ2n) is 5.62. The second kappa shape index (κ2) is 7.33. The highest BCUT2D eigenvalue weighted by Crippen LogP contribution is 2.15. The summed E-state index contributed by atoms with van der Waals surface area (Å²) in [6.45, 7) is 5.70. The number of hydrogen-bond acceptors (Lipinski definition) is 4. The van der Waals surface area contributed by atoms with E-state index in [-0.39, 0.29) is 18.3 Å². The molecule has 0 spiro atoms. The average molecular weight is 332 g/mol. The van der Waals surface area contributed by atoms with Crippen LogP contribution in [0.15, 0.2) is 36.7 Å². The number of anilines is 1. The first kappa shape index (κ1) is 16.3. The summed E-state index contributed by atoms with van der Waals surface area (Å²) in [4.78, 5) is 20.6. The monoisotopic (exact) mass is 332 g/mol. The Hall–Kier alpha value is -2.57. The quantitative estimate of drug-likeness (QED) is 0.837. The largest absolute Gasteiger partial charge is 0.484 e. The van der Waals surface area contributed by atoms with Crippen molar-refractivity contribution in [3.05, 3.63) is 42.5 Å². The van der Waals surface area contributed by atoms with Gasteiger partial charge in [-0.3, -0.25) is 4.79 Å². The highest BCUT2D eigenvalue weighted by Gasteiger charge is 2.23. The molecule has 0 unspecified atom stereocenters. The summed E-state index contributed by atoms with van der Waals surface area (Å²) in [5, 5.41) is 0. The molecule has 24 heavy (non-hydrogen) atoms. The molecule has 0 bridgehead atoms. The van der Waals surface area contributed by atoms with Crippen LogP contribution < -0.4 is 9.64 Å². The van der Waals surface area contributed by atoms with Gasteiger partial charge in [0.25, 0.3) is 5.91 Å². The van der Waals surface area contributed by atoms with Gasteiger partial charge in [-0.25, -0.2) is 9.37 Å². The van der Waals surface area contributed by atoms with Crippen molar-refractivity contribution in [2.24, 2.45) is 0 Å². The summed E-state index contributed by atoms with van der Waals surface area (Å²) in [5.74, 6) is 1.06. The Balaban J connectivity index is 1.49. The van der Waals surface area contributed by atoms with Crippen molar-refractivity contribution in [3.8, 4) is 5.75 Å². The van der Waals surface area contributed by atoms with E-state index in [1.807, 2.05) is 6.20 Å². The van der Waals surface area contributed by atoms with Gasteiger partial charge in [-0.05, 0) is 31.2 Å². The van der Waals surface area contributed by atoms with E-state index >= 15 is 0 Å². The van der Waals surface area contributed by atoms with Gasteiger partial charge in [0, 0.05) is 45.1 Å². The molecule has 0 radical (unpaired) electrons. The topological polar surface area (TPSA) is 50.6 Å². The van der Waals surface area contributed by atoms with E-state index in [4.69, 9.17) is 4.74 Å². The van der Waals surface area contributed by atoms with Crippen LogP contribution in [-0.4, -0.2) is 53.1 Å². The van der Waals surface area contributed by atoms with Crippen LogP contribution in [0.5, 0.6) is 5.75 Å². The summed E-state index contributed by atoms with van der Waals surface area (Å²) in [7, 11) is 0. The smallest absolute Gasteiger partial charge is 0.260 e. The molecular formula is C17H21FN4O2. The molecule has 0 N–H and O–H groups in total. The van der Waals surface area contributed by atoms with Crippen molar-refractivity contribution in [3.63, 3.8) is 0 Å². The molecule has 1 saturated heterocycles. The van der Waals surface area contributed by atoms with Crippen LogP contribution in [0.2, 0.25) is 0 Å². The van der Waals surface area contributed by atoms with Gasteiger partial charge >= 0.3 is 0 Å². The Kier molecular flexibility index (Phi) is 4.98. The van der Waals surface area contributed by atoms with Crippen molar-refractivity contribution in [1.82, 2.24) is 14.5 Å². The predicted octanol–water partition coefficient (Wildman–Crippen LogP) is 1.77. The van der Waals surface area contributed by atoms with Crippen LogP contribution in [0.25, 0.3) is 0 Å². The summed E-state index contributed by atoms with van der Waals surface area (Å²) >= 11 is 0. The minimum Gasteiger partial charge on any atom is -0.484 e. The zero-order valence-electron chi connectivity index (χ0n) is 13.7. The molecule has 3 rings (SSSR count). The number of nitrogens with zero attached hydrogens (tertiary/aromatic N) is 4. The van der Waals surface area contributed by atoms with Gasteiger partial charge in [0.15, 0.2) is 6.61 Å². The average Bonchev–Trinajstić information content (AvgIpc) is 3.10. The van der Waals surface area contributed by atoms with Gasteiger partial charge < -0.3 is 19.1 Å². The number of piperazine rings is 1. The summed E-state index contributed by atoms with van der Waals surface area (Å²) < 4.78 is 20.4. The third kappa shape index (κ3) is 3.67. The van der Waals surface area contributed by atoms with Crippen LogP contribution in [0.4, 0.5) is 10.3 Å². The molecule has 1 amide bonds. The van der Waals surface area contributed by atoms with Gasteiger partial charge in [0.1, 0.15) is 11.6 Å². The fraction of sp³-hybridized carbons (Fsp3) is 0.412. The minimum absolute atomic E-state index is 0.0325. The lowest BCUT2D eigenvalue weighted by Crippen LogP contribution is -2.50.